The van der Waals surface area contributed by atoms with Crippen molar-refractivity contribution in [3.8, 4) is 17.2 Å². The van der Waals surface area contributed by atoms with Crippen molar-refractivity contribution in [1.82, 2.24) is 9.99 Å². The molecule has 2 aromatic carbocycles. The zero-order valence-corrected chi connectivity index (χ0v) is 20.9. The van der Waals surface area contributed by atoms with Gasteiger partial charge in [0.15, 0.2) is 0 Å². The molecule has 1 atom stereocenters. The standard InChI is InChI=1S/C26H26ClN3O6/c1-34-17-10-16(11-18(13-17)35-2)20-14-21(30(29-20)23(31)8-5-9-24(32)33)19-12-15-6-4-7-22(36-3)25(15)28-26(19)27/h4,6-7,10-13,21H,5,8-9,14H2,1-3H3,(H,32,33). The van der Waals surface area contributed by atoms with Gasteiger partial charge in [-0.25, -0.2) is 9.99 Å². The number of aromatic nitrogens is 1. The number of hydrogen-bond acceptors (Lipinski definition) is 7. The number of hydrogen-bond donors (Lipinski definition) is 1. The lowest BCUT2D eigenvalue weighted by atomic mass is 9.97. The summed E-state index contributed by atoms with van der Waals surface area (Å²) < 4.78 is 16.2. The Morgan fingerprint density at radius 3 is 2.42 bits per heavy atom. The molecule has 10 heteroatoms. The number of nitrogens with zero attached hydrogens (tertiary/aromatic N) is 3. The van der Waals surface area contributed by atoms with Crippen molar-refractivity contribution in [2.45, 2.75) is 31.7 Å². The normalized spacial score (nSPS) is 15.1. The van der Waals surface area contributed by atoms with Gasteiger partial charge in [-0.1, -0.05) is 23.7 Å². The second kappa shape index (κ2) is 10.8. The van der Waals surface area contributed by atoms with Gasteiger partial charge in [-0.3, -0.25) is 9.59 Å². The number of amides is 1. The number of pyridine rings is 1. The van der Waals surface area contributed by atoms with Crippen LogP contribution in [-0.4, -0.2) is 54.0 Å². The molecule has 1 amide bonds. The zero-order valence-electron chi connectivity index (χ0n) is 20.2. The third-order valence-electron chi connectivity index (χ3n) is 6.00. The highest BCUT2D eigenvalue weighted by Gasteiger charge is 2.35. The number of methoxy groups -OCH3 is 3. The fourth-order valence-corrected chi connectivity index (χ4v) is 4.47. The molecule has 9 nitrogen and oxygen atoms in total. The molecule has 0 saturated heterocycles. The van der Waals surface area contributed by atoms with Crippen LogP contribution in [0, 0.1) is 0 Å². The summed E-state index contributed by atoms with van der Waals surface area (Å²) in [7, 11) is 4.69. The molecule has 188 valence electrons. The Hall–Kier alpha value is -3.85. The van der Waals surface area contributed by atoms with Crippen LogP contribution in [0.3, 0.4) is 0 Å². The van der Waals surface area contributed by atoms with Crippen molar-refractivity contribution >= 4 is 40.1 Å². The summed E-state index contributed by atoms with van der Waals surface area (Å²) in [5.41, 5.74) is 2.64. The predicted octanol–water partition coefficient (Wildman–Crippen LogP) is 4.85. The average Bonchev–Trinajstić information content (AvgIpc) is 3.32. The maximum absolute atomic E-state index is 13.2. The number of carbonyl (C=O) groups excluding carboxylic acids is 1. The van der Waals surface area contributed by atoms with Crippen molar-refractivity contribution in [3.05, 3.63) is 58.7 Å². The Morgan fingerprint density at radius 1 is 1.06 bits per heavy atom. The molecular formula is C26H26ClN3O6. The van der Waals surface area contributed by atoms with Crippen LogP contribution in [0.25, 0.3) is 10.9 Å². The largest absolute Gasteiger partial charge is 0.497 e. The SMILES string of the molecule is COc1cc(OC)cc(C2=NN(C(=O)CCCC(=O)O)C(c3cc4cccc(OC)c4nc3Cl)C2)c1. The summed E-state index contributed by atoms with van der Waals surface area (Å²) in [6, 6.07) is 12.3. The first-order chi connectivity index (χ1) is 17.3. The number of aliphatic carboxylic acids is 1. The van der Waals surface area contributed by atoms with Crippen molar-refractivity contribution < 1.29 is 28.9 Å². The molecule has 0 spiro atoms. The molecule has 0 fully saturated rings. The van der Waals surface area contributed by atoms with Gasteiger partial charge in [-0.15, -0.1) is 0 Å². The van der Waals surface area contributed by atoms with E-state index >= 15 is 0 Å². The number of carboxylic acids is 1. The molecular weight excluding hydrogens is 486 g/mol. The first kappa shape index (κ1) is 25.2. The van der Waals surface area contributed by atoms with E-state index in [0.717, 1.165) is 10.9 Å². The molecule has 0 aliphatic carbocycles. The smallest absolute Gasteiger partial charge is 0.303 e. The van der Waals surface area contributed by atoms with E-state index in [4.69, 9.17) is 30.9 Å². The van der Waals surface area contributed by atoms with E-state index in [9.17, 15) is 9.59 Å². The molecule has 1 unspecified atom stereocenters. The van der Waals surface area contributed by atoms with Gasteiger partial charge in [-0.2, -0.15) is 5.10 Å². The number of fused-ring (bicyclic) bond motifs is 1. The Kier molecular flexibility index (Phi) is 7.59. The molecule has 3 aromatic rings. The number of hydrazone groups is 1. The minimum Gasteiger partial charge on any atom is -0.497 e. The molecule has 1 N–H and O–H groups in total. The number of para-hydroxylation sites is 1. The van der Waals surface area contributed by atoms with Crippen LogP contribution in [0.4, 0.5) is 0 Å². The monoisotopic (exact) mass is 511 g/mol. The first-order valence-corrected chi connectivity index (χ1v) is 11.7. The quantitative estimate of drug-likeness (QED) is 0.409. The minimum absolute atomic E-state index is 0.0352. The van der Waals surface area contributed by atoms with Gasteiger partial charge >= 0.3 is 5.97 Å². The summed E-state index contributed by atoms with van der Waals surface area (Å²) in [5.74, 6) is 0.520. The lowest BCUT2D eigenvalue weighted by Crippen LogP contribution is -2.27. The molecule has 36 heavy (non-hydrogen) atoms. The predicted molar refractivity (Wildman–Crippen MR) is 135 cm³/mol. The Bertz CT molecular complexity index is 1320. The van der Waals surface area contributed by atoms with Crippen LogP contribution >= 0.6 is 11.6 Å². The van der Waals surface area contributed by atoms with E-state index in [1.54, 1.807) is 33.5 Å². The van der Waals surface area contributed by atoms with Crippen LogP contribution in [0.5, 0.6) is 17.2 Å². The minimum atomic E-state index is -0.954. The molecule has 1 aliphatic rings. The van der Waals surface area contributed by atoms with Crippen molar-refractivity contribution in [2.24, 2.45) is 5.10 Å². The second-order valence-electron chi connectivity index (χ2n) is 8.25. The number of halogens is 1. The van der Waals surface area contributed by atoms with Crippen LogP contribution < -0.4 is 14.2 Å². The summed E-state index contributed by atoms with van der Waals surface area (Å²) >= 11 is 6.64. The fraction of sp³-hybridized carbons (Fsp3) is 0.308. The molecule has 0 bridgehead atoms. The van der Waals surface area contributed by atoms with E-state index in [1.165, 1.54) is 5.01 Å². The van der Waals surface area contributed by atoms with Crippen molar-refractivity contribution in [2.75, 3.05) is 21.3 Å². The third kappa shape index (κ3) is 5.21. The molecule has 4 rings (SSSR count). The molecule has 2 heterocycles. The van der Waals surface area contributed by atoms with E-state index in [-0.39, 0.29) is 30.3 Å². The van der Waals surface area contributed by atoms with Gasteiger partial charge in [0, 0.05) is 41.8 Å². The van der Waals surface area contributed by atoms with E-state index in [2.05, 4.69) is 10.1 Å². The number of carbonyl (C=O) groups is 2. The lowest BCUT2D eigenvalue weighted by Gasteiger charge is -2.23. The molecule has 0 radical (unpaired) electrons. The first-order valence-electron chi connectivity index (χ1n) is 11.3. The maximum atomic E-state index is 13.2. The third-order valence-corrected chi connectivity index (χ3v) is 6.30. The lowest BCUT2D eigenvalue weighted by molar-refractivity contribution is -0.137. The highest BCUT2D eigenvalue weighted by atomic mass is 35.5. The van der Waals surface area contributed by atoms with Gasteiger partial charge in [0.25, 0.3) is 0 Å². The molecule has 0 saturated carbocycles. The summed E-state index contributed by atoms with van der Waals surface area (Å²) in [5, 5.41) is 16.1. The Morgan fingerprint density at radius 2 is 1.78 bits per heavy atom. The maximum Gasteiger partial charge on any atom is 0.303 e. The Balaban J connectivity index is 1.75. The number of rotatable bonds is 9. The molecule has 1 aliphatic heterocycles. The fourth-order valence-electron chi connectivity index (χ4n) is 4.20. The number of benzene rings is 2. The molecule has 1 aromatic heterocycles. The zero-order chi connectivity index (χ0) is 25.8. The second-order valence-corrected chi connectivity index (χ2v) is 8.61. The number of carboxylic acid groups (broad SMARTS) is 1. The summed E-state index contributed by atoms with van der Waals surface area (Å²) in [4.78, 5) is 28.7. The van der Waals surface area contributed by atoms with E-state index < -0.39 is 12.0 Å². The van der Waals surface area contributed by atoms with Gasteiger partial charge in [0.1, 0.15) is 27.9 Å². The topological polar surface area (TPSA) is 111 Å². The number of ether oxygens (including phenoxy) is 3. The van der Waals surface area contributed by atoms with Gasteiger partial charge < -0.3 is 19.3 Å². The van der Waals surface area contributed by atoms with Crippen molar-refractivity contribution in [1.29, 1.82) is 0 Å². The van der Waals surface area contributed by atoms with Gasteiger partial charge in [0.05, 0.1) is 33.1 Å². The summed E-state index contributed by atoms with van der Waals surface area (Å²) in [6.07, 6.45) is 0.507. The van der Waals surface area contributed by atoms with E-state index in [0.29, 0.717) is 40.5 Å². The highest BCUT2D eigenvalue weighted by molar-refractivity contribution is 6.30. The average molecular weight is 512 g/mol. The van der Waals surface area contributed by atoms with Crippen molar-refractivity contribution in [3.63, 3.8) is 0 Å². The van der Waals surface area contributed by atoms with Crippen LogP contribution in [0.15, 0.2) is 47.6 Å². The van der Waals surface area contributed by atoms with E-state index in [1.807, 2.05) is 30.3 Å². The van der Waals surface area contributed by atoms with Crippen LogP contribution in [-0.2, 0) is 9.59 Å². The highest BCUT2D eigenvalue weighted by Crippen LogP contribution is 2.39. The van der Waals surface area contributed by atoms with Gasteiger partial charge in [0.2, 0.25) is 5.91 Å². The summed E-state index contributed by atoms with van der Waals surface area (Å²) in [6.45, 7) is 0. The van der Waals surface area contributed by atoms with Crippen LogP contribution in [0.2, 0.25) is 5.15 Å². The van der Waals surface area contributed by atoms with Crippen LogP contribution in [0.1, 0.15) is 42.9 Å². The Labute approximate surface area is 213 Å². The van der Waals surface area contributed by atoms with Gasteiger partial charge in [-0.05, 0) is 30.7 Å².